The quantitative estimate of drug-likeness (QED) is 0.760. The van der Waals surface area contributed by atoms with Gasteiger partial charge in [-0.1, -0.05) is 6.07 Å². The van der Waals surface area contributed by atoms with Crippen molar-refractivity contribution in [1.29, 1.82) is 0 Å². The number of likely N-dealkylation sites (tertiary alicyclic amines) is 1. The first-order valence-corrected chi connectivity index (χ1v) is 8.84. The van der Waals surface area contributed by atoms with Crippen LogP contribution >= 0.6 is 0 Å². The minimum atomic E-state index is -0.344. The molecule has 0 N–H and O–H groups in total. The topological polar surface area (TPSA) is 76.2 Å². The third kappa shape index (κ3) is 3.66. The van der Waals surface area contributed by atoms with Crippen LogP contribution in [0.3, 0.4) is 0 Å². The number of carbonyl (C=O) groups excluding carboxylic acids is 3. The Morgan fingerprint density at radius 1 is 1.12 bits per heavy atom. The monoisotopic (exact) mass is 360 g/mol. The minimum Gasteiger partial charge on any atom is -0.497 e. The predicted octanol–water partition coefficient (Wildman–Crippen LogP) is 1.46. The largest absolute Gasteiger partial charge is 0.497 e. The third-order valence-corrected chi connectivity index (χ3v) is 5.18. The summed E-state index contributed by atoms with van der Waals surface area (Å²) < 4.78 is 9.98. The van der Waals surface area contributed by atoms with Crippen LogP contribution < -0.4 is 9.64 Å². The van der Waals surface area contributed by atoms with Gasteiger partial charge in [0.2, 0.25) is 11.8 Å². The van der Waals surface area contributed by atoms with Crippen molar-refractivity contribution in [1.82, 2.24) is 4.90 Å². The van der Waals surface area contributed by atoms with Crippen LogP contribution in [0.25, 0.3) is 0 Å². The summed E-state index contributed by atoms with van der Waals surface area (Å²) >= 11 is 0. The molecule has 0 spiro atoms. The van der Waals surface area contributed by atoms with Crippen LogP contribution in [0.1, 0.15) is 19.3 Å². The number of anilines is 1. The lowest BCUT2D eigenvalue weighted by Crippen LogP contribution is -2.43. The van der Waals surface area contributed by atoms with Gasteiger partial charge in [-0.05, 0) is 25.0 Å². The molecule has 0 aliphatic carbocycles. The molecule has 26 heavy (non-hydrogen) atoms. The van der Waals surface area contributed by atoms with Crippen molar-refractivity contribution in [3.05, 3.63) is 24.3 Å². The third-order valence-electron chi connectivity index (χ3n) is 5.18. The lowest BCUT2D eigenvalue weighted by molar-refractivity contribution is -0.149. The molecule has 7 heteroatoms. The molecule has 0 aromatic heterocycles. The van der Waals surface area contributed by atoms with Gasteiger partial charge in [-0.2, -0.15) is 0 Å². The average Bonchev–Trinajstić information content (AvgIpc) is 3.08. The van der Waals surface area contributed by atoms with E-state index in [2.05, 4.69) is 0 Å². The molecule has 2 saturated heterocycles. The van der Waals surface area contributed by atoms with E-state index < -0.39 is 0 Å². The molecule has 1 aromatic carbocycles. The van der Waals surface area contributed by atoms with Gasteiger partial charge in [0.05, 0.1) is 26.1 Å². The molecule has 0 radical (unpaired) electrons. The smallest absolute Gasteiger partial charge is 0.308 e. The Labute approximate surface area is 152 Å². The first-order chi connectivity index (χ1) is 12.5. The van der Waals surface area contributed by atoms with Crippen molar-refractivity contribution in [3.63, 3.8) is 0 Å². The number of benzene rings is 1. The highest BCUT2D eigenvalue weighted by Crippen LogP contribution is 2.30. The van der Waals surface area contributed by atoms with Crippen molar-refractivity contribution in [3.8, 4) is 5.75 Å². The molecule has 2 amide bonds. The van der Waals surface area contributed by atoms with Crippen molar-refractivity contribution < 1.29 is 23.9 Å². The van der Waals surface area contributed by atoms with Crippen LogP contribution in [0.5, 0.6) is 5.75 Å². The molecular weight excluding hydrogens is 336 g/mol. The van der Waals surface area contributed by atoms with Crippen molar-refractivity contribution >= 4 is 23.5 Å². The second kappa shape index (κ2) is 7.76. The van der Waals surface area contributed by atoms with Crippen LogP contribution in [0.2, 0.25) is 0 Å². The van der Waals surface area contributed by atoms with E-state index in [4.69, 9.17) is 9.47 Å². The van der Waals surface area contributed by atoms with Crippen molar-refractivity contribution in [2.45, 2.75) is 19.3 Å². The highest BCUT2D eigenvalue weighted by atomic mass is 16.5. The summed E-state index contributed by atoms with van der Waals surface area (Å²) in [6.45, 7) is 1.44. The highest BCUT2D eigenvalue weighted by Gasteiger charge is 2.38. The lowest BCUT2D eigenvalue weighted by atomic mass is 9.95. The molecule has 140 valence electrons. The molecular formula is C19H24N2O5. The average molecular weight is 360 g/mol. The van der Waals surface area contributed by atoms with Crippen LogP contribution in [0.4, 0.5) is 5.69 Å². The molecule has 1 aromatic rings. The second-order valence-corrected chi connectivity index (χ2v) is 6.73. The summed E-state index contributed by atoms with van der Waals surface area (Å²) in [5, 5.41) is 0. The number of rotatable bonds is 4. The Morgan fingerprint density at radius 2 is 1.85 bits per heavy atom. The fourth-order valence-corrected chi connectivity index (χ4v) is 3.66. The van der Waals surface area contributed by atoms with Crippen LogP contribution in [-0.2, 0) is 19.1 Å². The number of hydrogen-bond acceptors (Lipinski definition) is 5. The fraction of sp³-hybridized carbons (Fsp3) is 0.526. The predicted molar refractivity (Wildman–Crippen MR) is 94.8 cm³/mol. The normalized spacial score (nSPS) is 21.0. The van der Waals surface area contributed by atoms with E-state index in [0.717, 1.165) is 5.69 Å². The standard InChI is InChI=1S/C19H24N2O5/c1-25-16-5-3-4-15(11-16)21-12-14(10-17(21)22)18(23)20-8-6-13(7-9-20)19(24)26-2/h3-5,11,13-14H,6-10,12H2,1-2H3/t14-/m1/s1. The van der Waals surface area contributed by atoms with Gasteiger partial charge < -0.3 is 19.3 Å². The summed E-state index contributed by atoms with van der Waals surface area (Å²) in [4.78, 5) is 40.2. The fourth-order valence-electron chi connectivity index (χ4n) is 3.66. The number of nitrogens with zero attached hydrogens (tertiary/aromatic N) is 2. The Kier molecular flexibility index (Phi) is 5.44. The van der Waals surface area contributed by atoms with Crippen LogP contribution in [-0.4, -0.2) is 56.5 Å². The zero-order chi connectivity index (χ0) is 18.7. The Hall–Kier alpha value is -2.57. The van der Waals surface area contributed by atoms with E-state index in [1.807, 2.05) is 18.2 Å². The minimum absolute atomic E-state index is 0.00735. The Morgan fingerprint density at radius 3 is 2.50 bits per heavy atom. The first-order valence-electron chi connectivity index (χ1n) is 8.84. The van der Waals surface area contributed by atoms with Gasteiger partial charge in [-0.25, -0.2) is 0 Å². The summed E-state index contributed by atoms with van der Waals surface area (Å²) in [7, 11) is 2.96. The van der Waals surface area contributed by atoms with Gasteiger partial charge in [0.15, 0.2) is 0 Å². The maximum Gasteiger partial charge on any atom is 0.308 e. The van der Waals surface area contributed by atoms with E-state index in [9.17, 15) is 14.4 Å². The lowest BCUT2D eigenvalue weighted by Gasteiger charge is -2.32. The summed E-state index contributed by atoms with van der Waals surface area (Å²) in [5.41, 5.74) is 0.744. The van der Waals surface area contributed by atoms with E-state index in [0.29, 0.717) is 38.2 Å². The van der Waals surface area contributed by atoms with E-state index in [-0.39, 0.29) is 36.0 Å². The van der Waals surface area contributed by atoms with Gasteiger partial charge in [0, 0.05) is 37.8 Å². The highest BCUT2D eigenvalue weighted by molar-refractivity contribution is 6.00. The zero-order valence-electron chi connectivity index (χ0n) is 15.1. The number of methoxy groups -OCH3 is 2. The maximum atomic E-state index is 12.8. The Bertz CT molecular complexity index is 697. The number of carbonyl (C=O) groups is 3. The van der Waals surface area contributed by atoms with Crippen molar-refractivity contribution in [2.24, 2.45) is 11.8 Å². The van der Waals surface area contributed by atoms with E-state index in [1.54, 1.807) is 23.0 Å². The molecule has 2 aliphatic heterocycles. The van der Waals surface area contributed by atoms with Crippen molar-refractivity contribution in [2.75, 3.05) is 38.8 Å². The van der Waals surface area contributed by atoms with Gasteiger partial charge in [0.25, 0.3) is 0 Å². The summed E-state index contributed by atoms with van der Waals surface area (Å²) in [6, 6.07) is 7.29. The molecule has 1 atom stereocenters. The molecule has 2 fully saturated rings. The molecule has 0 unspecified atom stereocenters. The number of ether oxygens (including phenoxy) is 2. The van der Waals surface area contributed by atoms with Gasteiger partial charge in [-0.3, -0.25) is 14.4 Å². The molecule has 0 bridgehead atoms. The maximum absolute atomic E-state index is 12.8. The van der Waals surface area contributed by atoms with E-state index in [1.165, 1.54) is 7.11 Å². The Balaban J connectivity index is 1.61. The van der Waals surface area contributed by atoms with Gasteiger partial charge >= 0.3 is 5.97 Å². The summed E-state index contributed by atoms with van der Waals surface area (Å²) in [6.07, 6.45) is 1.43. The SMILES string of the molecule is COC(=O)C1CCN(C(=O)[C@@H]2CC(=O)N(c3cccc(OC)c3)C2)CC1. The zero-order valence-corrected chi connectivity index (χ0v) is 15.1. The molecule has 2 heterocycles. The second-order valence-electron chi connectivity index (χ2n) is 6.73. The van der Waals surface area contributed by atoms with Crippen LogP contribution in [0, 0.1) is 11.8 Å². The van der Waals surface area contributed by atoms with E-state index >= 15 is 0 Å². The molecule has 3 rings (SSSR count). The number of amides is 2. The molecule has 7 nitrogen and oxygen atoms in total. The first kappa shape index (κ1) is 18.2. The van der Waals surface area contributed by atoms with Gasteiger partial charge in [-0.15, -0.1) is 0 Å². The number of esters is 1. The molecule has 2 aliphatic rings. The van der Waals surface area contributed by atoms with Crippen LogP contribution in [0.15, 0.2) is 24.3 Å². The molecule has 0 saturated carbocycles. The number of piperidine rings is 1. The number of hydrogen-bond donors (Lipinski definition) is 0. The summed E-state index contributed by atoms with van der Waals surface area (Å²) in [5.74, 6) is -0.0775. The van der Waals surface area contributed by atoms with Gasteiger partial charge in [0.1, 0.15) is 5.75 Å².